The molecule has 0 saturated heterocycles. The number of nitro groups is 1. The minimum atomic E-state index is -4.11. The fourth-order valence-corrected chi connectivity index (χ4v) is 4.09. The number of sulfonamides is 1. The van der Waals surface area contributed by atoms with Crippen molar-refractivity contribution in [2.24, 2.45) is 5.10 Å². The Hall–Kier alpha value is -4.38. The molecule has 0 radical (unpaired) electrons. The molecule has 2 heterocycles. The monoisotopic (exact) mass is 476 g/mol. The van der Waals surface area contributed by atoms with Crippen molar-refractivity contribution in [3.05, 3.63) is 106 Å². The van der Waals surface area contributed by atoms with Crippen molar-refractivity contribution in [3.63, 3.8) is 0 Å². The highest BCUT2D eigenvalue weighted by Crippen LogP contribution is 2.23. The zero-order valence-corrected chi connectivity index (χ0v) is 18.9. The lowest BCUT2D eigenvalue weighted by atomic mass is 10.1. The molecular weight excluding hydrogens is 456 g/mol. The van der Waals surface area contributed by atoms with Gasteiger partial charge in [0.05, 0.1) is 22.6 Å². The minimum Gasteiger partial charge on any atom is -0.267 e. The van der Waals surface area contributed by atoms with Crippen LogP contribution in [0.3, 0.4) is 0 Å². The minimum absolute atomic E-state index is 0.255. The number of hydrazone groups is 1. The van der Waals surface area contributed by atoms with Crippen molar-refractivity contribution in [2.75, 3.05) is 0 Å². The van der Waals surface area contributed by atoms with E-state index in [2.05, 4.69) is 20.0 Å². The highest BCUT2D eigenvalue weighted by molar-refractivity contribution is 7.89. The van der Waals surface area contributed by atoms with Crippen LogP contribution < -0.4 is 4.83 Å². The summed E-state index contributed by atoms with van der Waals surface area (Å²) >= 11 is 0. The van der Waals surface area contributed by atoms with E-state index in [0.717, 1.165) is 17.2 Å². The summed E-state index contributed by atoms with van der Waals surface area (Å²) < 4.78 is 27.0. The molecule has 0 bridgehead atoms. The summed E-state index contributed by atoms with van der Waals surface area (Å²) in [6, 6.07) is 17.1. The number of nitrogens with zero attached hydrogens (tertiary/aromatic N) is 5. The summed E-state index contributed by atoms with van der Waals surface area (Å²) in [5.41, 5.74) is 3.02. The van der Waals surface area contributed by atoms with Gasteiger partial charge in [-0.25, -0.2) is 4.83 Å². The smallest absolute Gasteiger partial charge is 0.267 e. The first-order valence-corrected chi connectivity index (χ1v) is 11.6. The first kappa shape index (κ1) is 22.8. The van der Waals surface area contributed by atoms with E-state index in [1.54, 1.807) is 29.3 Å². The number of nitrogens with one attached hydrogen (secondary N) is 1. The van der Waals surface area contributed by atoms with Gasteiger partial charge < -0.3 is 0 Å². The molecule has 0 aliphatic rings. The van der Waals surface area contributed by atoms with E-state index in [4.69, 9.17) is 0 Å². The van der Waals surface area contributed by atoms with Gasteiger partial charge in [-0.2, -0.15) is 18.6 Å². The number of benzene rings is 2. The predicted molar refractivity (Wildman–Crippen MR) is 127 cm³/mol. The number of aryl methyl sites for hydroxylation is 1. The summed E-state index contributed by atoms with van der Waals surface area (Å²) in [7, 11) is -4.11. The lowest BCUT2D eigenvalue weighted by Crippen LogP contribution is -2.18. The maximum Gasteiger partial charge on any atom is 0.276 e. The van der Waals surface area contributed by atoms with Gasteiger partial charge in [0, 0.05) is 41.3 Å². The molecule has 0 unspecified atom stereocenters. The molecule has 11 heteroatoms. The molecule has 0 amide bonds. The van der Waals surface area contributed by atoms with E-state index < -0.39 is 14.9 Å². The second-order valence-electron chi connectivity index (χ2n) is 7.42. The molecule has 1 N–H and O–H groups in total. The van der Waals surface area contributed by atoms with E-state index in [9.17, 15) is 18.5 Å². The third-order valence-electron chi connectivity index (χ3n) is 4.98. The lowest BCUT2D eigenvalue weighted by Gasteiger charge is -2.04. The zero-order chi connectivity index (χ0) is 24.1. The van der Waals surface area contributed by atoms with E-state index in [1.807, 2.05) is 36.4 Å². The average molecular weight is 477 g/mol. The Kier molecular flexibility index (Phi) is 6.46. The molecular formula is C23H20N6O4S. The molecule has 10 nitrogen and oxygen atoms in total. The molecule has 0 fully saturated rings. The maximum absolute atomic E-state index is 12.6. The summed E-state index contributed by atoms with van der Waals surface area (Å²) in [5, 5.41) is 19.7. The standard InChI is InChI=1S/C23H20N6O4S/c1-17-9-10-21(12-22(17)29(30)31)34(32,33)27-25-14-20-16-28(15-18-6-3-2-4-7-18)26-23(20)19-8-5-11-24-13-19/h2-14,16,27H,15H2,1H3. The normalized spacial score (nSPS) is 11.6. The van der Waals surface area contributed by atoms with Gasteiger partial charge in [0.1, 0.15) is 5.69 Å². The first-order chi connectivity index (χ1) is 16.3. The second-order valence-corrected chi connectivity index (χ2v) is 9.08. The SMILES string of the molecule is Cc1ccc(S(=O)(=O)NN=Cc2cn(Cc3ccccc3)nc2-c2cccnc2)cc1[N+](=O)[O-]. The number of hydrogen-bond acceptors (Lipinski definition) is 7. The number of aromatic nitrogens is 3. The Balaban J connectivity index is 1.61. The van der Waals surface area contributed by atoms with Crippen LogP contribution >= 0.6 is 0 Å². The van der Waals surface area contributed by atoms with Gasteiger partial charge in [-0.05, 0) is 30.7 Å². The van der Waals surface area contributed by atoms with Gasteiger partial charge in [-0.15, -0.1) is 0 Å². The number of pyridine rings is 1. The van der Waals surface area contributed by atoms with E-state index in [1.165, 1.54) is 25.3 Å². The van der Waals surface area contributed by atoms with Crippen LogP contribution in [0.5, 0.6) is 0 Å². The maximum atomic E-state index is 12.6. The fraction of sp³-hybridized carbons (Fsp3) is 0.0870. The molecule has 0 saturated carbocycles. The Morgan fingerprint density at radius 3 is 2.65 bits per heavy atom. The van der Waals surface area contributed by atoms with Crippen molar-refractivity contribution in [2.45, 2.75) is 18.4 Å². The molecule has 0 aliphatic heterocycles. The molecule has 0 atom stereocenters. The highest BCUT2D eigenvalue weighted by atomic mass is 32.2. The van der Waals surface area contributed by atoms with Crippen LogP contribution in [0.15, 0.2) is 89.3 Å². The Morgan fingerprint density at radius 2 is 1.94 bits per heavy atom. The van der Waals surface area contributed by atoms with Crippen LogP contribution in [-0.4, -0.2) is 34.3 Å². The van der Waals surface area contributed by atoms with E-state index in [-0.39, 0.29) is 10.6 Å². The van der Waals surface area contributed by atoms with Crippen LogP contribution in [-0.2, 0) is 16.6 Å². The van der Waals surface area contributed by atoms with Crippen molar-refractivity contribution in [1.29, 1.82) is 0 Å². The third kappa shape index (κ3) is 5.15. The van der Waals surface area contributed by atoms with Crippen molar-refractivity contribution in [1.82, 2.24) is 19.6 Å². The molecule has 34 heavy (non-hydrogen) atoms. The lowest BCUT2D eigenvalue weighted by molar-refractivity contribution is -0.385. The zero-order valence-electron chi connectivity index (χ0n) is 18.1. The van der Waals surface area contributed by atoms with Crippen LogP contribution in [0.1, 0.15) is 16.7 Å². The summed E-state index contributed by atoms with van der Waals surface area (Å²) in [6.07, 6.45) is 6.40. The largest absolute Gasteiger partial charge is 0.276 e. The predicted octanol–water partition coefficient (Wildman–Crippen LogP) is 3.52. The second kappa shape index (κ2) is 9.63. The molecule has 2 aromatic heterocycles. The van der Waals surface area contributed by atoms with Gasteiger partial charge in [0.15, 0.2) is 0 Å². The van der Waals surface area contributed by atoms with Crippen LogP contribution in [0.4, 0.5) is 5.69 Å². The van der Waals surface area contributed by atoms with E-state index in [0.29, 0.717) is 23.4 Å². The molecule has 4 aromatic rings. The van der Waals surface area contributed by atoms with Gasteiger partial charge in [0.25, 0.3) is 15.7 Å². The van der Waals surface area contributed by atoms with Crippen molar-refractivity contribution >= 4 is 21.9 Å². The number of hydrogen-bond donors (Lipinski definition) is 1. The van der Waals surface area contributed by atoms with Crippen LogP contribution in [0.2, 0.25) is 0 Å². The number of nitro benzene ring substituents is 1. The molecule has 0 spiro atoms. The van der Waals surface area contributed by atoms with Gasteiger partial charge in [-0.3, -0.25) is 19.8 Å². The Bertz CT molecular complexity index is 1450. The highest BCUT2D eigenvalue weighted by Gasteiger charge is 2.19. The number of rotatable bonds is 8. The average Bonchev–Trinajstić information content (AvgIpc) is 3.22. The Labute approximate surface area is 195 Å². The molecule has 2 aromatic carbocycles. The fourth-order valence-electron chi connectivity index (χ4n) is 3.28. The topological polar surface area (TPSA) is 132 Å². The third-order valence-corrected chi connectivity index (χ3v) is 6.20. The van der Waals surface area contributed by atoms with E-state index >= 15 is 0 Å². The van der Waals surface area contributed by atoms with Crippen LogP contribution in [0, 0.1) is 17.0 Å². The summed E-state index contributed by atoms with van der Waals surface area (Å²) in [4.78, 5) is 16.5. The van der Waals surface area contributed by atoms with Gasteiger partial charge in [-0.1, -0.05) is 36.4 Å². The Morgan fingerprint density at radius 1 is 1.15 bits per heavy atom. The van der Waals surface area contributed by atoms with Gasteiger partial charge in [0.2, 0.25) is 0 Å². The van der Waals surface area contributed by atoms with Crippen molar-refractivity contribution < 1.29 is 13.3 Å². The summed E-state index contributed by atoms with van der Waals surface area (Å²) in [6.45, 7) is 2.05. The molecule has 172 valence electrons. The molecule has 4 rings (SSSR count). The first-order valence-electron chi connectivity index (χ1n) is 10.2. The molecule has 0 aliphatic carbocycles. The van der Waals surface area contributed by atoms with Crippen molar-refractivity contribution in [3.8, 4) is 11.3 Å². The van der Waals surface area contributed by atoms with Crippen LogP contribution in [0.25, 0.3) is 11.3 Å². The van der Waals surface area contributed by atoms with Gasteiger partial charge >= 0.3 is 0 Å². The quantitative estimate of drug-likeness (QED) is 0.235. The summed E-state index contributed by atoms with van der Waals surface area (Å²) in [5.74, 6) is 0.